The summed E-state index contributed by atoms with van der Waals surface area (Å²) in [4.78, 5) is 0. The van der Waals surface area contributed by atoms with Crippen LogP contribution in [0.4, 0.5) is 0 Å². The highest BCUT2D eigenvalue weighted by Gasteiger charge is 2.14. The topological polar surface area (TPSA) is 56.8 Å². The summed E-state index contributed by atoms with van der Waals surface area (Å²) in [5.74, 6) is 0.684. The summed E-state index contributed by atoms with van der Waals surface area (Å²) in [6, 6.07) is 11.7. The molecule has 0 aliphatic rings. The first kappa shape index (κ1) is 11.1. The van der Waals surface area contributed by atoms with E-state index in [0.29, 0.717) is 12.8 Å². The molecule has 0 spiro atoms. The van der Waals surface area contributed by atoms with Crippen molar-refractivity contribution in [3.8, 4) is 17.9 Å². The van der Waals surface area contributed by atoms with Gasteiger partial charge in [0, 0.05) is 18.8 Å². The minimum absolute atomic E-state index is 0.0591. The molecule has 0 aliphatic heterocycles. The fourth-order valence-electron chi connectivity index (χ4n) is 1.52. The van der Waals surface area contributed by atoms with Crippen LogP contribution in [-0.4, -0.2) is 7.11 Å². The molecule has 3 heteroatoms. The number of ether oxygens (including phenoxy) is 1. The van der Waals surface area contributed by atoms with Gasteiger partial charge in [0.1, 0.15) is 5.75 Å². The van der Waals surface area contributed by atoms with Crippen LogP contribution < -0.4 is 4.74 Å². The van der Waals surface area contributed by atoms with Crippen molar-refractivity contribution in [2.45, 2.75) is 18.8 Å². The average molecular weight is 200 g/mol. The SMILES string of the molecule is COc1ccccc1C(CC#N)CC#N. The summed E-state index contributed by atoms with van der Waals surface area (Å²) < 4.78 is 5.20. The molecular formula is C12H12N2O. The monoisotopic (exact) mass is 200 g/mol. The van der Waals surface area contributed by atoms with E-state index >= 15 is 0 Å². The fourth-order valence-corrected chi connectivity index (χ4v) is 1.52. The zero-order valence-corrected chi connectivity index (χ0v) is 8.60. The van der Waals surface area contributed by atoms with Gasteiger partial charge in [0.2, 0.25) is 0 Å². The van der Waals surface area contributed by atoms with Crippen LogP contribution in [0.25, 0.3) is 0 Å². The van der Waals surface area contributed by atoms with Gasteiger partial charge < -0.3 is 4.74 Å². The van der Waals surface area contributed by atoms with Gasteiger partial charge in [0.25, 0.3) is 0 Å². The highest BCUT2D eigenvalue weighted by atomic mass is 16.5. The van der Waals surface area contributed by atoms with Gasteiger partial charge in [-0.2, -0.15) is 10.5 Å². The van der Waals surface area contributed by atoms with Crippen LogP contribution in [0, 0.1) is 22.7 Å². The van der Waals surface area contributed by atoms with Crippen molar-refractivity contribution in [1.29, 1.82) is 10.5 Å². The van der Waals surface area contributed by atoms with Crippen molar-refractivity contribution in [3.05, 3.63) is 29.8 Å². The third-order valence-corrected chi connectivity index (χ3v) is 2.25. The minimum atomic E-state index is -0.0591. The van der Waals surface area contributed by atoms with Gasteiger partial charge >= 0.3 is 0 Å². The molecule has 0 aliphatic carbocycles. The molecule has 0 saturated heterocycles. The predicted molar refractivity (Wildman–Crippen MR) is 56.2 cm³/mol. The first-order valence-electron chi connectivity index (χ1n) is 4.70. The normalized spacial score (nSPS) is 9.33. The van der Waals surface area contributed by atoms with Crippen LogP contribution >= 0.6 is 0 Å². The molecule has 0 fully saturated rings. The first-order valence-corrected chi connectivity index (χ1v) is 4.70. The Balaban J connectivity index is 3.00. The number of nitriles is 2. The number of hydrogen-bond donors (Lipinski definition) is 0. The van der Waals surface area contributed by atoms with E-state index in [1.54, 1.807) is 7.11 Å². The highest BCUT2D eigenvalue weighted by Crippen LogP contribution is 2.30. The molecule has 0 aromatic heterocycles. The third kappa shape index (κ3) is 2.72. The molecule has 0 unspecified atom stereocenters. The van der Waals surface area contributed by atoms with E-state index in [2.05, 4.69) is 12.1 Å². The zero-order valence-electron chi connectivity index (χ0n) is 8.60. The highest BCUT2D eigenvalue weighted by molar-refractivity contribution is 5.37. The maximum atomic E-state index is 8.69. The van der Waals surface area contributed by atoms with Crippen LogP contribution in [0.3, 0.4) is 0 Å². The van der Waals surface area contributed by atoms with E-state index in [1.807, 2.05) is 24.3 Å². The van der Waals surface area contributed by atoms with Gasteiger partial charge in [-0.3, -0.25) is 0 Å². The van der Waals surface area contributed by atoms with E-state index in [1.165, 1.54) is 0 Å². The van der Waals surface area contributed by atoms with Gasteiger partial charge in [-0.05, 0) is 11.6 Å². The quantitative estimate of drug-likeness (QED) is 0.750. The molecule has 0 N–H and O–H groups in total. The average Bonchev–Trinajstić information content (AvgIpc) is 2.29. The summed E-state index contributed by atoms with van der Waals surface area (Å²) in [7, 11) is 1.59. The lowest BCUT2D eigenvalue weighted by Crippen LogP contribution is -2.00. The number of nitrogens with zero attached hydrogens (tertiary/aromatic N) is 2. The first-order chi connectivity index (χ1) is 7.33. The number of benzene rings is 1. The number of rotatable bonds is 4. The van der Waals surface area contributed by atoms with Crippen LogP contribution in [-0.2, 0) is 0 Å². The molecule has 0 bridgehead atoms. The van der Waals surface area contributed by atoms with Crippen LogP contribution in [0.2, 0.25) is 0 Å². The van der Waals surface area contributed by atoms with E-state index < -0.39 is 0 Å². The van der Waals surface area contributed by atoms with E-state index in [-0.39, 0.29) is 5.92 Å². The standard InChI is InChI=1S/C12H12N2O/c1-15-12-5-3-2-4-11(12)10(6-8-13)7-9-14/h2-5,10H,6-7H2,1H3. The smallest absolute Gasteiger partial charge is 0.122 e. The van der Waals surface area contributed by atoms with Crippen molar-refractivity contribution >= 4 is 0 Å². The Morgan fingerprint density at radius 3 is 2.33 bits per heavy atom. The van der Waals surface area contributed by atoms with Crippen LogP contribution in [0.5, 0.6) is 5.75 Å². The maximum Gasteiger partial charge on any atom is 0.122 e. The third-order valence-electron chi connectivity index (χ3n) is 2.25. The van der Waals surface area contributed by atoms with Gasteiger partial charge in [0.15, 0.2) is 0 Å². The molecule has 1 aromatic rings. The number of para-hydroxylation sites is 1. The lowest BCUT2D eigenvalue weighted by molar-refractivity contribution is 0.405. The molecule has 0 radical (unpaired) electrons. The Morgan fingerprint density at radius 2 is 1.80 bits per heavy atom. The van der Waals surface area contributed by atoms with Crippen molar-refractivity contribution in [2.75, 3.05) is 7.11 Å². The summed E-state index contributed by atoms with van der Waals surface area (Å²) in [5, 5.41) is 17.4. The Hall–Kier alpha value is -2.00. The molecule has 0 heterocycles. The second kappa shape index (κ2) is 5.67. The van der Waals surface area contributed by atoms with Gasteiger partial charge in [0.05, 0.1) is 19.2 Å². The number of methoxy groups -OCH3 is 1. The lowest BCUT2D eigenvalue weighted by Gasteiger charge is -2.13. The Bertz CT molecular complexity index is 385. The van der Waals surface area contributed by atoms with Crippen LogP contribution in [0.15, 0.2) is 24.3 Å². The molecule has 1 aromatic carbocycles. The molecule has 0 atom stereocenters. The van der Waals surface area contributed by atoms with Crippen LogP contribution in [0.1, 0.15) is 24.3 Å². The van der Waals surface area contributed by atoms with Gasteiger partial charge in [-0.15, -0.1) is 0 Å². The summed E-state index contributed by atoms with van der Waals surface area (Å²) >= 11 is 0. The van der Waals surface area contributed by atoms with Crippen molar-refractivity contribution in [2.24, 2.45) is 0 Å². The van der Waals surface area contributed by atoms with Crippen molar-refractivity contribution in [3.63, 3.8) is 0 Å². The Kier molecular flexibility index (Phi) is 4.19. The van der Waals surface area contributed by atoms with E-state index in [9.17, 15) is 0 Å². The fraction of sp³-hybridized carbons (Fsp3) is 0.333. The zero-order chi connectivity index (χ0) is 11.1. The molecule has 1 rings (SSSR count). The molecule has 15 heavy (non-hydrogen) atoms. The molecule has 3 nitrogen and oxygen atoms in total. The largest absolute Gasteiger partial charge is 0.496 e. The lowest BCUT2D eigenvalue weighted by atomic mass is 9.93. The van der Waals surface area contributed by atoms with E-state index in [0.717, 1.165) is 11.3 Å². The molecule has 0 amide bonds. The van der Waals surface area contributed by atoms with Gasteiger partial charge in [-0.1, -0.05) is 18.2 Å². The van der Waals surface area contributed by atoms with Crippen molar-refractivity contribution < 1.29 is 4.74 Å². The predicted octanol–water partition coefficient (Wildman–Crippen LogP) is 2.61. The molecular weight excluding hydrogens is 188 g/mol. The number of hydrogen-bond acceptors (Lipinski definition) is 3. The van der Waals surface area contributed by atoms with E-state index in [4.69, 9.17) is 15.3 Å². The Morgan fingerprint density at radius 1 is 1.20 bits per heavy atom. The summed E-state index contributed by atoms with van der Waals surface area (Å²) in [6.45, 7) is 0. The van der Waals surface area contributed by atoms with Crippen molar-refractivity contribution in [1.82, 2.24) is 0 Å². The maximum absolute atomic E-state index is 8.69. The second-order valence-corrected chi connectivity index (χ2v) is 3.16. The molecule has 76 valence electrons. The summed E-state index contributed by atoms with van der Waals surface area (Å²) in [6.07, 6.45) is 0.682. The minimum Gasteiger partial charge on any atom is -0.496 e. The van der Waals surface area contributed by atoms with Gasteiger partial charge in [-0.25, -0.2) is 0 Å². The second-order valence-electron chi connectivity index (χ2n) is 3.16. The molecule has 0 saturated carbocycles. The Labute approximate surface area is 89.5 Å². The summed E-state index contributed by atoms with van der Waals surface area (Å²) in [5.41, 5.74) is 0.933.